The molecule has 1 amide bonds. The molecule has 1 atom stereocenters. The number of thioether (sulfide) groups is 1. The first-order valence-electron chi connectivity index (χ1n) is 8.50. The lowest BCUT2D eigenvalue weighted by Gasteiger charge is -2.31. The van der Waals surface area contributed by atoms with Crippen LogP contribution in [0.2, 0.25) is 0 Å². The summed E-state index contributed by atoms with van der Waals surface area (Å²) in [5.74, 6) is 1.62. The maximum absolute atomic E-state index is 12.8. The Labute approximate surface area is 168 Å². The number of amides is 1. The van der Waals surface area contributed by atoms with E-state index >= 15 is 0 Å². The third-order valence-electron chi connectivity index (χ3n) is 4.27. The standard InChI is InChI=1S/C19H19N3O4S2/c1-26-17-5-7-18(8-6-17)28(24,25)21-15-4-2-3-14(11-15)19(23)22-9-10-27-13-16(22)12-20/h2-8,11,16,21H,9-10,13H2,1H3. The van der Waals surface area contributed by atoms with Gasteiger partial charge in [0.2, 0.25) is 0 Å². The number of benzene rings is 2. The molecule has 9 heteroatoms. The van der Waals surface area contributed by atoms with Gasteiger partial charge < -0.3 is 9.64 Å². The fourth-order valence-corrected chi connectivity index (χ4v) is 4.82. The summed E-state index contributed by atoms with van der Waals surface area (Å²) in [5.41, 5.74) is 0.614. The molecule has 1 unspecified atom stereocenters. The lowest BCUT2D eigenvalue weighted by molar-refractivity contribution is 0.0737. The highest BCUT2D eigenvalue weighted by Gasteiger charge is 2.28. The average molecular weight is 418 g/mol. The van der Waals surface area contributed by atoms with Crippen LogP contribution >= 0.6 is 11.8 Å². The van der Waals surface area contributed by atoms with Crippen LogP contribution in [-0.2, 0) is 10.0 Å². The first-order chi connectivity index (χ1) is 13.4. The number of methoxy groups -OCH3 is 1. The predicted molar refractivity (Wildman–Crippen MR) is 108 cm³/mol. The summed E-state index contributed by atoms with van der Waals surface area (Å²) < 4.78 is 32.7. The van der Waals surface area contributed by atoms with Crippen molar-refractivity contribution in [1.82, 2.24) is 4.90 Å². The molecule has 0 saturated carbocycles. The zero-order valence-electron chi connectivity index (χ0n) is 15.2. The SMILES string of the molecule is COc1ccc(S(=O)(=O)Nc2cccc(C(=O)N3CCSCC3C#N)c2)cc1. The average Bonchev–Trinajstić information content (AvgIpc) is 2.73. The van der Waals surface area contributed by atoms with E-state index in [1.165, 1.54) is 30.2 Å². The molecule has 0 aliphatic carbocycles. The van der Waals surface area contributed by atoms with E-state index in [0.29, 0.717) is 23.6 Å². The van der Waals surface area contributed by atoms with Crippen molar-refractivity contribution >= 4 is 33.4 Å². The van der Waals surface area contributed by atoms with Gasteiger partial charge in [0.15, 0.2) is 0 Å². The number of rotatable bonds is 5. The number of ether oxygens (including phenoxy) is 1. The van der Waals surface area contributed by atoms with Gasteiger partial charge in [-0.2, -0.15) is 17.0 Å². The number of nitrogens with one attached hydrogen (secondary N) is 1. The van der Waals surface area contributed by atoms with Crippen LogP contribution in [0, 0.1) is 11.3 Å². The number of nitriles is 1. The van der Waals surface area contributed by atoms with E-state index in [1.807, 2.05) is 0 Å². The quantitative estimate of drug-likeness (QED) is 0.803. The van der Waals surface area contributed by atoms with Crippen LogP contribution in [0.25, 0.3) is 0 Å². The molecule has 3 rings (SSSR count). The number of carbonyl (C=O) groups is 1. The van der Waals surface area contributed by atoms with Gasteiger partial charge in [-0.05, 0) is 42.5 Å². The minimum absolute atomic E-state index is 0.0858. The molecule has 0 aromatic heterocycles. The summed E-state index contributed by atoms with van der Waals surface area (Å²) in [7, 11) is -2.31. The second-order valence-electron chi connectivity index (χ2n) is 6.08. The zero-order valence-corrected chi connectivity index (χ0v) is 16.8. The van der Waals surface area contributed by atoms with Crippen molar-refractivity contribution in [3.05, 3.63) is 54.1 Å². The summed E-state index contributed by atoms with van der Waals surface area (Å²) in [5, 5.41) is 9.27. The molecule has 0 radical (unpaired) electrons. The number of anilines is 1. The van der Waals surface area contributed by atoms with E-state index in [2.05, 4.69) is 10.8 Å². The van der Waals surface area contributed by atoms with Crippen molar-refractivity contribution in [3.8, 4) is 11.8 Å². The predicted octanol–water partition coefficient (Wildman–Crippen LogP) is 2.58. The molecule has 1 aliphatic heterocycles. The molecule has 2 aromatic carbocycles. The smallest absolute Gasteiger partial charge is 0.261 e. The van der Waals surface area contributed by atoms with E-state index in [0.717, 1.165) is 5.75 Å². The largest absolute Gasteiger partial charge is 0.497 e. The molecule has 146 valence electrons. The van der Waals surface area contributed by atoms with E-state index in [4.69, 9.17) is 4.74 Å². The van der Waals surface area contributed by atoms with Gasteiger partial charge in [0.1, 0.15) is 11.8 Å². The van der Waals surface area contributed by atoms with E-state index in [1.54, 1.807) is 42.1 Å². The number of hydrogen-bond acceptors (Lipinski definition) is 6. The third-order valence-corrected chi connectivity index (χ3v) is 6.69. The van der Waals surface area contributed by atoms with Gasteiger partial charge in [-0.3, -0.25) is 9.52 Å². The van der Waals surface area contributed by atoms with E-state index in [-0.39, 0.29) is 16.5 Å². The Hall–Kier alpha value is -2.70. The van der Waals surface area contributed by atoms with Crippen LogP contribution < -0.4 is 9.46 Å². The maximum Gasteiger partial charge on any atom is 0.261 e. The van der Waals surface area contributed by atoms with Crippen LogP contribution in [0.1, 0.15) is 10.4 Å². The first kappa shape index (κ1) is 20.0. The minimum atomic E-state index is -3.81. The summed E-state index contributed by atoms with van der Waals surface area (Å²) in [6.07, 6.45) is 0. The molecule has 28 heavy (non-hydrogen) atoms. The van der Waals surface area contributed by atoms with Crippen LogP contribution in [0.3, 0.4) is 0 Å². The van der Waals surface area contributed by atoms with Gasteiger partial charge in [-0.1, -0.05) is 6.07 Å². The Bertz CT molecular complexity index is 1000. The molecule has 1 saturated heterocycles. The molecule has 1 heterocycles. The highest BCUT2D eigenvalue weighted by Crippen LogP contribution is 2.22. The molecule has 0 bridgehead atoms. The third kappa shape index (κ3) is 4.40. The van der Waals surface area contributed by atoms with E-state index < -0.39 is 16.1 Å². The van der Waals surface area contributed by atoms with Crippen molar-refractivity contribution in [2.75, 3.05) is 29.9 Å². The molecular weight excluding hydrogens is 398 g/mol. The zero-order chi connectivity index (χ0) is 20.1. The summed E-state index contributed by atoms with van der Waals surface area (Å²) >= 11 is 1.64. The highest BCUT2D eigenvalue weighted by molar-refractivity contribution is 7.99. The summed E-state index contributed by atoms with van der Waals surface area (Å²) in [6, 6.07) is 14.0. The molecule has 1 fully saturated rings. The van der Waals surface area contributed by atoms with Crippen molar-refractivity contribution in [2.45, 2.75) is 10.9 Å². The lowest BCUT2D eigenvalue weighted by Crippen LogP contribution is -2.45. The Morgan fingerprint density at radius 2 is 2.04 bits per heavy atom. The van der Waals surface area contributed by atoms with E-state index in [9.17, 15) is 18.5 Å². The van der Waals surface area contributed by atoms with Gasteiger partial charge in [0.05, 0.1) is 18.1 Å². The second-order valence-corrected chi connectivity index (χ2v) is 8.91. The Morgan fingerprint density at radius 3 is 2.71 bits per heavy atom. The van der Waals surface area contributed by atoms with Crippen molar-refractivity contribution in [1.29, 1.82) is 5.26 Å². The Balaban J connectivity index is 1.80. The summed E-state index contributed by atoms with van der Waals surface area (Å²) in [6.45, 7) is 0.490. The van der Waals surface area contributed by atoms with Gasteiger partial charge in [0.25, 0.3) is 15.9 Å². The van der Waals surface area contributed by atoms with Gasteiger partial charge >= 0.3 is 0 Å². The summed E-state index contributed by atoms with van der Waals surface area (Å²) in [4.78, 5) is 14.4. The Kier molecular flexibility index (Phi) is 6.11. The number of sulfonamides is 1. The molecular formula is C19H19N3O4S2. The van der Waals surface area contributed by atoms with Crippen molar-refractivity contribution in [3.63, 3.8) is 0 Å². The molecule has 1 N–H and O–H groups in total. The highest BCUT2D eigenvalue weighted by atomic mass is 32.2. The normalized spacial score (nSPS) is 16.9. The van der Waals surface area contributed by atoms with Gasteiger partial charge in [0, 0.05) is 29.3 Å². The number of carbonyl (C=O) groups excluding carboxylic acids is 1. The number of hydrogen-bond donors (Lipinski definition) is 1. The van der Waals surface area contributed by atoms with Crippen molar-refractivity contribution < 1.29 is 17.9 Å². The lowest BCUT2D eigenvalue weighted by atomic mass is 10.1. The molecule has 2 aromatic rings. The fourth-order valence-electron chi connectivity index (χ4n) is 2.80. The van der Waals surface area contributed by atoms with Crippen LogP contribution in [0.4, 0.5) is 5.69 Å². The topological polar surface area (TPSA) is 99.5 Å². The molecule has 7 nitrogen and oxygen atoms in total. The maximum atomic E-state index is 12.8. The Morgan fingerprint density at radius 1 is 1.29 bits per heavy atom. The molecule has 1 aliphatic rings. The van der Waals surface area contributed by atoms with Crippen molar-refractivity contribution in [2.24, 2.45) is 0 Å². The van der Waals surface area contributed by atoms with Crippen LogP contribution in [-0.4, -0.2) is 50.4 Å². The van der Waals surface area contributed by atoms with Crippen LogP contribution in [0.5, 0.6) is 5.75 Å². The van der Waals surface area contributed by atoms with Gasteiger partial charge in [-0.15, -0.1) is 0 Å². The first-order valence-corrected chi connectivity index (χ1v) is 11.1. The minimum Gasteiger partial charge on any atom is -0.497 e. The molecule has 0 spiro atoms. The fraction of sp³-hybridized carbons (Fsp3) is 0.263. The second kappa shape index (κ2) is 8.54. The monoisotopic (exact) mass is 417 g/mol. The number of nitrogens with zero attached hydrogens (tertiary/aromatic N) is 2. The van der Waals surface area contributed by atoms with Crippen LogP contribution in [0.15, 0.2) is 53.4 Å². The van der Waals surface area contributed by atoms with Gasteiger partial charge in [-0.25, -0.2) is 8.42 Å².